The molecule has 0 aliphatic carbocycles. The molecule has 34 heavy (non-hydrogen) atoms. The van der Waals surface area contributed by atoms with E-state index in [4.69, 9.17) is 9.47 Å². The van der Waals surface area contributed by atoms with Gasteiger partial charge in [0.15, 0.2) is 5.82 Å². The molecule has 0 bridgehead atoms. The minimum Gasteiger partial charge on any atom is -0.479 e. The van der Waals surface area contributed by atoms with Gasteiger partial charge in [-0.2, -0.15) is 0 Å². The number of allylic oxidation sites excluding steroid dienone is 2. The van der Waals surface area contributed by atoms with Crippen molar-refractivity contribution in [3.8, 4) is 17.4 Å². The normalized spacial score (nSPS) is 11.4. The maximum absolute atomic E-state index is 13.8. The first kappa shape index (κ1) is 24.4. The lowest BCUT2D eigenvalue weighted by Crippen LogP contribution is -2.23. The number of methoxy groups -OCH3 is 1. The highest BCUT2D eigenvalue weighted by molar-refractivity contribution is 5.96. The summed E-state index contributed by atoms with van der Waals surface area (Å²) in [5.74, 6) is 0.691. The van der Waals surface area contributed by atoms with Gasteiger partial charge in [0, 0.05) is 49.4 Å². The van der Waals surface area contributed by atoms with E-state index in [0.29, 0.717) is 34.0 Å². The van der Waals surface area contributed by atoms with Crippen molar-refractivity contribution in [3.05, 3.63) is 83.1 Å². The lowest BCUT2D eigenvalue weighted by Gasteiger charge is -2.14. The summed E-state index contributed by atoms with van der Waals surface area (Å²) in [7, 11) is 3.03. The predicted octanol–water partition coefficient (Wildman–Crippen LogP) is 4.67. The highest BCUT2D eigenvalue weighted by Crippen LogP contribution is 2.28. The molecule has 0 fully saturated rings. The molecule has 1 aromatic carbocycles. The van der Waals surface area contributed by atoms with Gasteiger partial charge in [-0.1, -0.05) is 12.1 Å². The average molecular weight is 464 g/mol. The Balaban J connectivity index is 1.71. The molecule has 3 rings (SSSR count). The Morgan fingerprint density at radius 2 is 2.06 bits per heavy atom. The molecular formula is C25H26FN5O3. The largest absolute Gasteiger partial charge is 0.479 e. The fourth-order valence-electron chi connectivity index (χ4n) is 3.10. The maximum Gasteiger partial charge on any atom is 0.251 e. The van der Waals surface area contributed by atoms with Crippen LogP contribution in [0.25, 0.3) is 0 Å². The molecule has 2 aromatic heterocycles. The monoisotopic (exact) mass is 463 g/mol. The molecule has 2 heterocycles. The number of carbonyl (C=O) groups is 1. The van der Waals surface area contributed by atoms with Crippen LogP contribution < -0.4 is 20.1 Å². The first-order valence-corrected chi connectivity index (χ1v) is 10.5. The molecule has 0 aliphatic heterocycles. The minimum absolute atomic E-state index is 0.0920. The molecule has 0 unspecified atom stereocenters. The lowest BCUT2D eigenvalue weighted by molar-refractivity contribution is 0.0950. The SMILES string of the molecule is C/C=C(\C=NC)Nc1cc(Oc2cccc(C(=O)NCc3cnc(OC)c(F)c3)c2C)ccn1. The number of pyridine rings is 2. The van der Waals surface area contributed by atoms with Crippen molar-refractivity contribution in [3.63, 3.8) is 0 Å². The van der Waals surface area contributed by atoms with Crippen molar-refractivity contribution >= 4 is 17.9 Å². The highest BCUT2D eigenvalue weighted by atomic mass is 19.1. The number of anilines is 1. The molecule has 0 saturated carbocycles. The van der Waals surface area contributed by atoms with Crippen LogP contribution in [0.2, 0.25) is 0 Å². The molecule has 9 heteroatoms. The van der Waals surface area contributed by atoms with E-state index in [9.17, 15) is 9.18 Å². The average Bonchev–Trinajstić information content (AvgIpc) is 2.84. The Hall–Kier alpha value is -4.27. The van der Waals surface area contributed by atoms with E-state index in [2.05, 4.69) is 25.6 Å². The molecule has 0 atom stereocenters. The number of aliphatic imine (C=N–C) groups is 1. The van der Waals surface area contributed by atoms with Crippen molar-refractivity contribution in [2.24, 2.45) is 4.99 Å². The van der Waals surface area contributed by atoms with Gasteiger partial charge >= 0.3 is 0 Å². The van der Waals surface area contributed by atoms with Crippen molar-refractivity contribution < 1.29 is 18.7 Å². The smallest absolute Gasteiger partial charge is 0.251 e. The fraction of sp³-hybridized carbons (Fsp3) is 0.200. The summed E-state index contributed by atoms with van der Waals surface area (Å²) < 4.78 is 24.7. The number of hydrogen-bond acceptors (Lipinski definition) is 7. The third-order valence-corrected chi connectivity index (χ3v) is 4.85. The Labute approximate surface area is 197 Å². The molecule has 3 aromatic rings. The number of halogens is 1. The Morgan fingerprint density at radius 1 is 1.24 bits per heavy atom. The standard InChI is InChI=1S/C25H26FN5O3/c1-5-18(15-27-3)31-23-12-19(9-10-28-23)34-22-8-6-7-20(16(22)2)24(32)29-13-17-11-21(26)25(33-4)30-14-17/h5-12,14-15H,13H2,1-4H3,(H,28,31)(H,29,32)/b18-5+,27-15?. The van der Waals surface area contributed by atoms with Crippen LogP contribution in [0.3, 0.4) is 0 Å². The first-order valence-electron chi connectivity index (χ1n) is 10.5. The van der Waals surface area contributed by atoms with E-state index in [0.717, 1.165) is 5.70 Å². The highest BCUT2D eigenvalue weighted by Gasteiger charge is 2.14. The number of carbonyl (C=O) groups excluding carboxylic acids is 1. The summed E-state index contributed by atoms with van der Waals surface area (Å²) in [6.07, 6.45) is 6.65. The third kappa shape index (κ3) is 6.16. The molecule has 0 saturated heterocycles. The van der Waals surface area contributed by atoms with E-state index in [1.807, 2.05) is 13.0 Å². The molecule has 176 valence electrons. The van der Waals surface area contributed by atoms with Crippen molar-refractivity contribution in [1.29, 1.82) is 0 Å². The lowest BCUT2D eigenvalue weighted by atomic mass is 10.1. The van der Waals surface area contributed by atoms with Crippen LogP contribution in [0.15, 0.2) is 65.6 Å². The summed E-state index contributed by atoms with van der Waals surface area (Å²) in [4.78, 5) is 24.9. The summed E-state index contributed by atoms with van der Waals surface area (Å²) in [6, 6.07) is 9.98. The summed E-state index contributed by atoms with van der Waals surface area (Å²) in [5.41, 5.74) is 2.43. The van der Waals surface area contributed by atoms with Crippen molar-refractivity contribution in [1.82, 2.24) is 15.3 Å². The first-order chi connectivity index (χ1) is 16.4. The van der Waals surface area contributed by atoms with Gasteiger partial charge in [0.05, 0.1) is 12.8 Å². The van der Waals surface area contributed by atoms with Gasteiger partial charge in [-0.3, -0.25) is 9.79 Å². The zero-order chi connectivity index (χ0) is 24.5. The fourth-order valence-corrected chi connectivity index (χ4v) is 3.10. The second-order valence-corrected chi connectivity index (χ2v) is 7.18. The molecule has 2 N–H and O–H groups in total. The quantitative estimate of drug-likeness (QED) is 0.448. The van der Waals surface area contributed by atoms with Crippen LogP contribution in [0.5, 0.6) is 17.4 Å². The maximum atomic E-state index is 13.8. The van der Waals surface area contributed by atoms with Crippen LogP contribution in [0.1, 0.15) is 28.4 Å². The van der Waals surface area contributed by atoms with Gasteiger partial charge < -0.3 is 20.1 Å². The van der Waals surface area contributed by atoms with E-state index >= 15 is 0 Å². The van der Waals surface area contributed by atoms with Crippen LogP contribution in [0, 0.1) is 12.7 Å². The number of ether oxygens (including phenoxy) is 2. The zero-order valence-corrected chi connectivity index (χ0v) is 19.4. The topological polar surface area (TPSA) is 97.7 Å². The predicted molar refractivity (Wildman–Crippen MR) is 129 cm³/mol. The number of aromatic nitrogens is 2. The van der Waals surface area contributed by atoms with E-state index in [1.165, 1.54) is 19.4 Å². The number of nitrogens with zero attached hydrogens (tertiary/aromatic N) is 3. The van der Waals surface area contributed by atoms with Crippen LogP contribution in [-0.4, -0.2) is 36.2 Å². The van der Waals surface area contributed by atoms with Crippen molar-refractivity contribution in [2.45, 2.75) is 20.4 Å². The van der Waals surface area contributed by atoms with Gasteiger partial charge in [-0.15, -0.1) is 0 Å². The second-order valence-electron chi connectivity index (χ2n) is 7.18. The van der Waals surface area contributed by atoms with Gasteiger partial charge in [-0.05, 0) is 43.7 Å². The second kappa shape index (κ2) is 11.6. The molecule has 8 nitrogen and oxygen atoms in total. The summed E-state index contributed by atoms with van der Waals surface area (Å²) in [6.45, 7) is 3.81. The Morgan fingerprint density at radius 3 is 2.76 bits per heavy atom. The van der Waals surface area contributed by atoms with Crippen molar-refractivity contribution in [2.75, 3.05) is 19.5 Å². The van der Waals surface area contributed by atoms with E-state index < -0.39 is 5.82 Å². The molecule has 0 aliphatic rings. The molecule has 0 radical (unpaired) electrons. The van der Waals surface area contributed by atoms with Crippen LogP contribution >= 0.6 is 0 Å². The van der Waals surface area contributed by atoms with Gasteiger partial charge in [0.25, 0.3) is 5.91 Å². The molecule has 1 amide bonds. The van der Waals surface area contributed by atoms with Crippen LogP contribution in [0.4, 0.5) is 10.2 Å². The van der Waals surface area contributed by atoms with Gasteiger partial charge in [0.2, 0.25) is 5.88 Å². The van der Waals surface area contributed by atoms with E-state index in [-0.39, 0.29) is 18.3 Å². The number of amides is 1. The zero-order valence-electron chi connectivity index (χ0n) is 19.4. The van der Waals surface area contributed by atoms with Crippen LogP contribution in [-0.2, 0) is 6.54 Å². The van der Waals surface area contributed by atoms with E-state index in [1.54, 1.807) is 56.7 Å². The summed E-state index contributed by atoms with van der Waals surface area (Å²) in [5, 5.41) is 5.94. The third-order valence-electron chi connectivity index (χ3n) is 4.85. The summed E-state index contributed by atoms with van der Waals surface area (Å²) >= 11 is 0. The number of hydrogen-bond donors (Lipinski definition) is 2. The number of nitrogens with one attached hydrogen (secondary N) is 2. The minimum atomic E-state index is -0.587. The van der Waals surface area contributed by atoms with Gasteiger partial charge in [-0.25, -0.2) is 14.4 Å². The van der Waals surface area contributed by atoms with Gasteiger partial charge in [0.1, 0.15) is 17.3 Å². The number of benzene rings is 1. The molecular weight excluding hydrogens is 437 g/mol. The Bertz CT molecular complexity index is 1230. The number of rotatable bonds is 9. The molecule has 0 spiro atoms. The Kier molecular flexibility index (Phi) is 8.28.